The Morgan fingerprint density at radius 1 is 1.18 bits per heavy atom. The number of aliphatic hydroxyl groups is 1. The standard InChI is InChI=1S/C14H11FO2/c15-11-6-7-12(14(17)9-11)13(16)8-5-10-3-1-2-4-10/h1-9,16-17H. The number of halogens is 1. The first kappa shape index (κ1) is 11.2. The number of aliphatic hydroxyl groups excluding tert-OH is 1. The number of hydrogen-bond donors (Lipinski definition) is 2. The van der Waals surface area contributed by atoms with Crippen LogP contribution in [0.1, 0.15) is 5.56 Å². The van der Waals surface area contributed by atoms with Gasteiger partial charge in [0.1, 0.15) is 17.3 Å². The molecule has 0 aliphatic heterocycles. The Labute approximate surface area is 98.3 Å². The first-order valence-electron chi connectivity index (χ1n) is 5.11. The number of allylic oxidation sites excluding steroid dienone is 7. The quantitative estimate of drug-likeness (QED) is 0.763. The average molecular weight is 230 g/mol. The van der Waals surface area contributed by atoms with E-state index in [4.69, 9.17) is 0 Å². The molecule has 0 saturated heterocycles. The molecule has 0 atom stereocenters. The summed E-state index contributed by atoms with van der Waals surface area (Å²) in [4.78, 5) is 0. The number of phenolic OH excluding ortho intramolecular Hbond substituents is 1. The zero-order valence-electron chi connectivity index (χ0n) is 8.97. The summed E-state index contributed by atoms with van der Waals surface area (Å²) in [6.45, 7) is 0. The number of phenols is 1. The molecule has 0 radical (unpaired) electrons. The normalized spacial score (nSPS) is 14.4. The fraction of sp³-hybridized carbons (Fsp3) is 0. The highest BCUT2D eigenvalue weighted by Gasteiger charge is 2.06. The van der Waals surface area contributed by atoms with Gasteiger partial charge in [-0.25, -0.2) is 4.39 Å². The summed E-state index contributed by atoms with van der Waals surface area (Å²) in [5, 5.41) is 19.2. The molecule has 1 aliphatic rings. The highest BCUT2D eigenvalue weighted by atomic mass is 19.1. The Balaban J connectivity index is 2.27. The molecule has 0 aromatic heterocycles. The third-order valence-electron chi connectivity index (χ3n) is 2.36. The fourth-order valence-corrected chi connectivity index (χ4v) is 1.49. The van der Waals surface area contributed by atoms with E-state index in [1.165, 1.54) is 18.2 Å². The summed E-state index contributed by atoms with van der Waals surface area (Å²) in [5.41, 5.74) is 1.15. The van der Waals surface area contributed by atoms with Crippen molar-refractivity contribution in [3.05, 3.63) is 71.6 Å². The second-order valence-electron chi connectivity index (χ2n) is 3.60. The first-order valence-corrected chi connectivity index (χ1v) is 5.11. The van der Waals surface area contributed by atoms with Crippen LogP contribution in [0.5, 0.6) is 5.75 Å². The van der Waals surface area contributed by atoms with Gasteiger partial charge in [0.25, 0.3) is 0 Å². The molecular weight excluding hydrogens is 219 g/mol. The van der Waals surface area contributed by atoms with Crippen molar-refractivity contribution >= 4 is 5.76 Å². The van der Waals surface area contributed by atoms with E-state index in [9.17, 15) is 14.6 Å². The van der Waals surface area contributed by atoms with Gasteiger partial charge in [-0.15, -0.1) is 0 Å². The Morgan fingerprint density at radius 3 is 2.53 bits per heavy atom. The molecule has 1 aromatic rings. The predicted molar refractivity (Wildman–Crippen MR) is 65.0 cm³/mol. The Bertz CT molecular complexity index is 537. The lowest BCUT2D eigenvalue weighted by Gasteiger charge is -2.02. The van der Waals surface area contributed by atoms with Crippen molar-refractivity contribution in [2.75, 3.05) is 0 Å². The summed E-state index contributed by atoms with van der Waals surface area (Å²) in [6, 6.07) is 3.47. The summed E-state index contributed by atoms with van der Waals surface area (Å²) in [5.74, 6) is -0.933. The first-order chi connectivity index (χ1) is 8.16. The molecule has 3 heteroatoms. The minimum atomic E-state index is -0.543. The molecule has 2 nitrogen and oxygen atoms in total. The second-order valence-corrected chi connectivity index (χ2v) is 3.60. The van der Waals surface area contributed by atoms with Crippen molar-refractivity contribution in [2.45, 2.75) is 0 Å². The molecule has 17 heavy (non-hydrogen) atoms. The van der Waals surface area contributed by atoms with Crippen molar-refractivity contribution < 1.29 is 14.6 Å². The van der Waals surface area contributed by atoms with Crippen molar-refractivity contribution in [3.8, 4) is 5.75 Å². The van der Waals surface area contributed by atoms with E-state index in [0.717, 1.165) is 11.6 Å². The molecule has 0 spiro atoms. The van der Waals surface area contributed by atoms with Crippen LogP contribution < -0.4 is 0 Å². The van der Waals surface area contributed by atoms with Gasteiger partial charge in [0.15, 0.2) is 0 Å². The fourth-order valence-electron chi connectivity index (χ4n) is 1.49. The lowest BCUT2D eigenvalue weighted by Crippen LogP contribution is -1.85. The lowest BCUT2D eigenvalue weighted by molar-refractivity contribution is 0.455. The number of rotatable bonds is 2. The van der Waals surface area contributed by atoms with Crippen LogP contribution in [-0.2, 0) is 0 Å². The van der Waals surface area contributed by atoms with E-state index in [0.29, 0.717) is 0 Å². The molecule has 0 fully saturated rings. The third-order valence-corrected chi connectivity index (χ3v) is 2.36. The molecule has 0 bridgehead atoms. The molecule has 0 amide bonds. The van der Waals surface area contributed by atoms with Crippen molar-refractivity contribution in [1.29, 1.82) is 0 Å². The van der Waals surface area contributed by atoms with E-state index in [2.05, 4.69) is 0 Å². The van der Waals surface area contributed by atoms with Crippen molar-refractivity contribution in [2.24, 2.45) is 0 Å². The largest absolute Gasteiger partial charge is 0.507 e. The van der Waals surface area contributed by atoms with E-state index in [-0.39, 0.29) is 17.1 Å². The summed E-state index contributed by atoms with van der Waals surface area (Å²) in [7, 11) is 0. The number of benzene rings is 1. The monoisotopic (exact) mass is 230 g/mol. The smallest absolute Gasteiger partial charge is 0.129 e. The lowest BCUT2D eigenvalue weighted by atomic mass is 10.1. The number of hydrogen-bond acceptors (Lipinski definition) is 2. The van der Waals surface area contributed by atoms with Gasteiger partial charge in [0.05, 0.1) is 5.56 Å². The molecule has 1 aliphatic carbocycles. The van der Waals surface area contributed by atoms with E-state index in [1.807, 2.05) is 24.3 Å². The van der Waals surface area contributed by atoms with E-state index >= 15 is 0 Å². The average Bonchev–Trinajstić information content (AvgIpc) is 2.78. The minimum Gasteiger partial charge on any atom is -0.507 e. The Morgan fingerprint density at radius 2 is 1.88 bits per heavy atom. The maximum atomic E-state index is 12.8. The Kier molecular flexibility index (Phi) is 3.10. The maximum Gasteiger partial charge on any atom is 0.129 e. The molecule has 0 heterocycles. The van der Waals surface area contributed by atoms with Gasteiger partial charge in [-0.2, -0.15) is 0 Å². The molecule has 86 valence electrons. The van der Waals surface area contributed by atoms with Crippen LogP contribution >= 0.6 is 0 Å². The highest BCUT2D eigenvalue weighted by molar-refractivity contribution is 5.66. The van der Waals surface area contributed by atoms with Crippen LogP contribution in [0.4, 0.5) is 4.39 Å². The van der Waals surface area contributed by atoms with Gasteiger partial charge in [-0.1, -0.05) is 30.4 Å². The SMILES string of the molecule is OC(=CC=C1C=CC=C1)c1ccc(F)cc1O. The van der Waals surface area contributed by atoms with Crippen molar-refractivity contribution in [1.82, 2.24) is 0 Å². The molecule has 2 N–H and O–H groups in total. The van der Waals surface area contributed by atoms with Gasteiger partial charge in [-0.3, -0.25) is 0 Å². The van der Waals surface area contributed by atoms with E-state index in [1.54, 1.807) is 6.08 Å². The predicted octanol–water partition coefficient (Wildman–Crippen LogP) is 3.48. The third kappa shape index (κ3) is 2.64. The highest BCUT2D eigenvalue weighted by Crippen LogP contribution is 2.24. The molecular formula is C14H11FO2. The molecule has 0 saturated carbocycles. The summed E-state index contributed by atoms with van der Waals surface area (Å²) >= 11 is 0. The Hall–Kier alpha value is -2.29. The number of aromatic hydroxyl groups is 1. The van der Waals surface area contributed by atoms with Crippen LogP contribution in [0.2, 0.25) is 0 Å². The van der Waals surface area contributed by atoms with Gasteiger partial charge in [0.2, 0.25) is 0 Å². The van der Waals surface area contributed by atoms with Crippen LogP contribution in [0, 0.1) is 5.82 Å². The van der Waals surface area contributed by atoms with Gasteiger partial charge >= 0.3 is 0 Å². The topological polar surface area (TPSA) is 40.5 Å². The van der Waals surface area contributed by atoms with Crippen LogP contribution in [0.15, 0.2) is 60.2 Å². The van der Waals surface area contributed by atoms with Gasteiger partial charge in [-0.05, 0) is 23.8 Å². The van der Waals surface area contributed by atoms with Crippen LogP contribution in [0.3, 0.4) is 0 Å². The second kappa shape index (κ2) is 4.70. The van der Waals surface area contributed by atoms with Crippen LogP contribution in [0.25, 0.3) is 5.76 Å². The molecule has 0 unspecified atom stereocenters. The summed E-state index contributed by atoms with van der Waals surface area (Å²) in [6.07, 6.45) is 10.7. The van der Waals surface area contributed by atoms with Gasteiger partial charge in [0, 0.05) is 6.07 Å². The zero-order chi connectivity index (χ0) is 12.3. The van der Waals surface area contributed by atoms with E-state index < -0.39 is 5.82 Å². The summed E-state index contributed by atoms with van der Waals surface area (Å²) < 4.78 is 12.8. The zero-order valence-corrected chi connectivity index (χ0v) is 8.97. The van der Waals surface area contributed by atoms with Crippen LogP contribution in [-0.4, -0.2) is 10.2 Å². The van der Waals surface area contributed by atoms with Crippen molar-refractivity contribution in [3.63, 3.8) is 0 Å². The molecule has 2 rings (SSSR count). The maximum absolute atomic E-state index is 12.8. The van der Waals surface area contributed by atoms with Gasteiger partial charge < -0.3 is 10.2 Å². The minimum absolute atomic E-state index is 0.108. The molecule has 1 aromatic carbocycles.